The number of piperidine rings is 1. The van der Waals surface area contributed by atoms with Crippen LogP contribution in [-0.2, 0) is 10.2 Å². The van der Waals surface area contributed by atoms with E-state index in [1.807, 2.05) is 7.05 Å². The van der Waals surface area contributed by atoms with Gasteiger partial charge in [-0.15, -0.1) is 0 Å². The van der Waals surface area contributed by atoms with Gasteiger partial charge in [0.15, 0.2) is 0 Å². The molecule has 124 valence electrons. The van der Waals surface area contributed by atoms with Crippen LogP contribution in [0.1, 0.15) is 46.0 Å². The minimum Gasteiger partial charge on any atom is -0.319 e. The Morgan fingerprint density at radius 1 is 1.14 bits per heavy atom. The van der Waals surface area contributed by atoms with Gasteiger partial charge in [-0.1, -0.05) is 13.8 Å². The predicted molar refractivity (Wildman–Crippen MR) is 86.2 cm³/mol. The molecule has 2 rings (SSSR count). The highest BCUT2D eigenvalue weighted by Gasteiger charge is 2.32. The summed E-state index contributed by atoms with van der Waals surface area (Å²) in [7, 11) is -1.39. The number of nitrogens with zero attached hydrogens (tertiary/aromatic N) is 1. The van der Waals surface area contributed by atoms with Gasteiger partial charge in [-0.25, -0.2) is 0 Å². The lowest BCUT2D eigenvalue weighted by atomic mass is 9.79. The van der Waals surface area contributed by atoms with E-state index in [-0.39, 0.29) is 6.04 Å². The summed E-state index contributed by atoms with van der Waals surface area (Å²) in [6, 6.07) is 0.117. The van der Waals surface area contributed by atoms with Gasteiger partial charge >= 0.3 is 0 Å². The van der Waals surface area contributed by atoms with Crippen molar-refractivity contribution in [3.63, 3.8) is 0 Å². The van der Waals surface area contributed by atoms with Crippen molar-refractivity contribution >= 4 is 10.2 Å². The molecule has 0 radical (unpaired) electrons. The van der Waals surface area contributed by atoms with E-state index >= 15 is 0 Å². The molecule has 0 spiro atoms. The third-order valence-electron chi connectivity index (χ3n) is 5.23. The summed E-state index contributed by atoms with van der Waals surface area (Å²) in [5.74, 6) is 1.75. The Bertz CT molecular complexity index is 425. The highest BCUT2D eigenvalue weighted by Crippen LogP contribution is 2.30. The molecule has 0 aromatic heterocycles. The molecular formula is C15H31N3O2S. The van der Waals surface area contributed by atoms with E-state index in [2.05, 4.69) is 23.9 Å². The second-order valence-corrected chi connectivity index (χ2v) is 8.71. The lowest BCUT2D eigenvalue weighted by molar-refractivity contribution is 0.230. The van der Waals surface area contributed by atoms with E-state index in [1.165, 1.54) is 0 Å². The van der Waals surface area contributed by atoms with Crippen LogP contribution in [0.2, 0.25) is 0 Å². The second-order valence-electron chi connectivity index (χ2n) is 7.01. The summed E-state index contributed by atoms with van der Waals surface area (Å²) in [5.41, 5.74) is 0. The summed E-state index contributed by atoms with van der Waals surface area (Å²) >= 11 is 0. The molecule has 0 amide bonds. The average molecular weight is 317 g/mol. The van der Waals surface area contributed by atoms with Gasteiger partial charge in [-0.2, -0.15) is 17.4 Å². The van der Waals surface area contributed by atoms with Crippen molar-refractivity contribution in [2.75, 3.05) is 26.7 Å². The zero-order valence-electron chi connectivity index (χ0n) is 13.6. The molecule has 1 aliphatic carbocycles. The van der Waals surface area contributed by atoms with Crippen LogP contribution in [0.5, 0.6) is 0 Å². The van der Waals surface area contributed by atoms with Crippen LogP contribution < -0.4 is 10.0 Å². The van der Waals surface area contributed by atoms with Crippen LogP contribution in [0, 0.1) is 17.8 Å². The van der Waals surface area contributed by atoms with Gasteiger partial charge in [-0.05, 0) is 63.5 Å². The maximum absolute atomic E-state index is 12.6. The zero-order valence-corrected chi connectivity index (χ0v) is 14.5. The van der Waals surface area contributed by atoms with Crippen molar-refractivity contribution in [2.45, 2.75) is 52.0 Å². The summed E-state index contributed by atoms with van der Waals surface area (Å²) in [6.45, 7) is 6.70. The van der Waals surface area contributed by atoms with Crippen LogP contribution in [0.3, 0.4) is 0 Å². The smallest absolute Gasteiger partial charge is 0.279 e. The topological polar surface area (TPSA) is 61.4 Å². The number of hydrogen-bond donors (Lipinski definition) is 2. The second kappa shape index (κ2) is 7.40. The first-order valence-electron chi connectivity index (χ1n) is 8.34. The number of rotatable bonds is 5. The lowest BCUT2D eigenvalue weighted by Crippen LogP contribution is -2.51. The first-order chi connectivity index (χ1) is 9.92. The fourth-order valence-electron chi connectivity index (χ4n) is 3.64. The Balaban J connectivity index is 1.92. The number of hydrogen-bond acceptors (Lipinski definition) is 3. The van der Waals surface area contributed by atoms with Crippen LogP contribution in [0.15, 0.2) is 0 Å². The molecule has 0 bridgehead atoms. The largest absolute Gasteiger partial charge is 0.319 e. The Morgan fingerprint density at radius 3 is 2.57 bits per heavy atom. The van der Waals surface area contributed by atoms with Crippen LogP contribution in [0.25, 0.3) is 0 Å². The Hall–Kier alpha value is -0.170. The van der Waals surface area contributed by atoms with E-state index in [9.17, 15) is 8.42 Å². The quantitative estimate of drug-likeness (QED) is 0.809. The highest BCUT2D eigenvalue weighted by molar-refractivity contribution is 7.87. The summed E-state index contributed by atoms with van der Waals surface area (Å²) in [4.78, 5) is 0. The summed E-state index contributed by atoms with van der Waals surface area (Å²) in [6.07, 6.45) is 5.14. The van der Waals surface area contributed by atoms with Gasteiger partial charge in [-0.3, -0.25) is 0 Å². The lowest BCUT2D eigenvalue weighted by Gasteiger charge is -2.36. The van der Waals surface area contributed by atoms with Crippen molar-refractivity contribution in [3.05, 3.63) is 0 Å². The summed E-state index contributed by atoms with van der Waals surface area (Å²) < 4.78 is 29.8. The minimum atomic E-state index is -3.32. The first kappa shape index (κ1) is 17.2. The van der Waals surface area contributed by atoms with E-state index < -0.39 is 10.2 Å². The third-order valence-corrected chi connectivity index (χ3v) is 6.87. The molecule has 2 aliphatic rings. The Labute approximate surface area is 130 Å². The number of nitrogens with one attached hydrogen (secondary N) is 2. The molecule has 2 N–H and O–H groups in total. The molecule has 1 saturated carbocycles. The fourth-order valence-corrected chi connectivity index (χ4v) is 5.20. The predicted octanol–water partition coefficient (Wildman–Crippen LogP) is 1.58. The van der Waals surface area contributed by atoms with E-state index in [0.29, 0.717) is 30.8 Å². The van der Waals surface area contributed by atoms with Gasteiger partial charge in [0.05, 0.1) is 0 Å². The van der Waals surface area contributed by atoms with E-state index in [0.717, 1.165) is 38.6 Å². The molecule has 0 aromatic rings. The van der Waals surface area contributed by atoms with Crippen molar-refractivity contribution in [2.24, 2.45) is 17.8 Å². The van der Waals surface area contributed by atoms with E-state index in [4.69, 9.17) is 0 Å². The molecule has 21 heavy (non-hydrogen) atoms. The van der Waals surface area contributed by atoms with Gasteiger partial charge in [0.2, 0.25) is 0 Å². The van der Waals surface area contributed by atoms with Crippen molar-refractivity contribution in [1.82, 2.24) is 14.3 Å². The molecule has 0 aromatic carbocycles. The average Bonchev–Trinajstić information content (AvgIpc) is 2.43. The highest BCUT2D eigenvalue weighted by atomic mass is 32.2. The SMILES string of the molecule is CNCC1CCCN(S(=O)(=O)NC2CCC(C)C(C)C2)C1. The third kappa shape index (κ3) is 4.65. The van der Waals surface area contributed by atoms with Gasteiger partial charge in [0.1, 0.15) is 0 Å². The van der Waals surface area contributed by atoms with Crippen molar-refractivity contribution < 1.29 is 8.42 Å². The van der Waals surface area contributed by atoms with Crippen LogP contribution in [-0.4, -0.2) is 45.4 Å². The van der Waals surface area contributed by atoms with Gasteiger partial charge in [0, 0.05) is 19.1 Å². The van der Waals surface area contributed by atoms with Gasteiger partial charge < -0.3 is 5.32 Å². The molecule has 1 heterocycles. The molecule has 2 fully saturated rings. The molecule has 1 saturated heterocycles. The Morgan fingerprint density at radius 2 is 1.90 bits per heavy atom. The molecule has 4 unspecified atom stereocenters. The summed E-state index contributed by atoms with van der Waals surface area (Å²) in [5, 5.41) is 3.16. The van der Waals surface area contributed by atoms with Crippen molar-refractivity contribution in [3.8, 4) is 0 Å². The van der Waals surface area contributed by atoms with E-state index in [1.54, 1.807) is 4.31 Å². The van der Waals surface area contributed by atoms with Crippen LogP contribution in [0.4, 0.5) is 0 Å². The van der Waals surface area contributed by atoms with Crippen molar-refractivity contribution in [1.29, 1.82) is 0 Å². The zero-order chi connectivity index (χ0) is 15.5. The fraction of sp³-hybridized carbons (Fsp3) is 1.00. The minimum absolute atomic E-state index is 0.117. The molecule has 5 nitrogen and oxygen atoms in total. The molecular weight excluding hydrogens is 286 g/mol. The standard InChI is InChI=1S/C15H31N3O2S/c1-12-6-7-15(9-13(12)2)17-21(19,20)18-8-4-5-14(11-18)10-16-3/h12-17H,4-11H2,1-3H3. The van der Waals surface area contributed by atoms with Crippen LogP contribution >= 0.6 is 0 Å². The first-order valence-corrected chi connectivity index (χ1v) is 9.78. The van der Waals surface area contributed by atoms with Gasteiger partial charge in [0.25, 0.3) is 10.2 Å². The maximum Gasteiger partial charge on any atom is 0.279 e. The Kier molecular flexibility index (Phi) is 6.05. The maximum atomic E-state index is 12.6. The normalized spacial score (nSPS) is 35.8. The molecule has 6 heteroatoms. The molecule has 4 atom stereocenters. The molecule has 1 aliphatic heterocycles. The monoisotopic (exact) mass is 317 g/mol.